The number of hydrogen-bond acceptors (Lipinski definition) is 3. The average Bonchev–Trinajstić information content (AvgIpc) is 2.40. The maximum absolute atomic E-state index is 11.8. The Kier molecular flexibility index (Phi) is 4.40. The van der Waals surface area contributed by atoms with Gasteiger partial charge in [-0.05, 0) is 36.8 Å². The maximum Gasteiger partial charge on any atom is 0.417 e. The number of carbonyl (C=O) groups is 2. The number of amides is 2. The van der Waals surface area contributed by atoms with Crippen LogP contribution in [0, 0.1) is 6.92 Å². The molecule has 21 heavy (non-hydrogen) atoms. The minimum atomic E-state index is -1.23. The molecule has 0 aliphatic heterocycles. The summed E-state index contributed by atoms with van der Waals surface area (Å²) in [5.74, 6) is 0.130. The molecule has 0 fully saturated rings. The summed E-state index contributed by atoms with van der Waals surface area (Å²) in [5, 5.41) is 13.5. The molecule has 0 unspecified atom stereocenters. The van der Waals surface area contributed by atoms with E-state index >= 15 is 0 Å². The lowest BCUT2D eigenvalue weighted by molar-refractivity contribution is 0.208. The molecule has 0 radical (unpaired) electrons. The number of aryl methyl sites for hydroxylation is 1. The molecule has 0 atom stereocenters. The zero-order valence-electron chi connectivity index (χ0n) is 11.3. The highest BCUT2D eigenvalue weighted by Crippen LogP contribution is 2.24. The molecule has 6 heteroatoms. The minimum Gasteiger partial charge on any atom is -0.465 e. The van der Waals surface area contributed by atoms with Gasteiger partial charge < -0.3 is 9.84 Å². The lowest BCUT2D eigenvalue weighted by Crippen LogP contribution is -2.18. The van der Waals surface area contributed by atoms with Crippen LogP contribution < -0.4 is 15.4 Å². The number of carbonyl (C=O) groups excluding carboxylic acids is 1. The molecule has 0 bridgehead atoms. The molecule has 0 heterocycles. The third-order valence-corrected chi connectivity index (χ3v) is 2.60. The first-order valence-electron chi connectivity index (χ1n) is 6.19. The Bertz CT molecular complexity index is 670. The van der Waals surface area contributed by atoms with Crippen LogP contribution in [-0.4, -0.2) is 17.3 Å². The van der Waals surface area contributed by atoms with Crippen LogP contribution >= 0.6 is 0 Å². The lowest BCUT2D eigenvalue weighted by Gasteiger charge is -2.10. The molecule has 0 aliphatic carbocycles. The van der Waals surface area contributed by atoms with E-state index in [0.717, 1.165) is 5.56 Å². The van der Waals surface area contributed by atoms with Crippen LogP contribution in [0.15, 0.2) is 48.5 Å². The standard InChI is InChI=1S/C15H14N2O4/c1-10-5-4-6-11(9-10)16-15(20)21-13-8-3-2-7-12(13)17-14(18)19/h2-9,17H,1H3,(H,16,20)(H,18,19). The molecular formula is C15H14N2O4. The van der Waals surface area contributed by atoms with Crippen LogP contribution in [-0.2, 0) is 0 Å². The Balaban J connectivity index is 2.07. The molecule has 0 aliphatic rings. The van der Waals surface area contributed by atoms with Crippen molar-refractivity contribution in [1.29, 1.82) is 0 Å². The summed E-state index contributed by atoms with van der Waals surface area (Å²) in [6.45, 7) is 1.91. The second kappa shape index (κ2) is 6.42. The number of para-hydroxylation sites is 2. The first kappa shape index (κ1) is 14.4. The molecule has 2 aromatic carbocycles. The van der Waals surface area contributed by atoms with E-state index in [1.54, 1.807) is 24.3 Å². The van der Waals surface area contributed by atoms with E-state index in [4.69, 9.17) is 9.84 Å². The van der Waals surface area contributed by atoms with Gasteiger partial charge in [-0.2, -0.15) is 0 Å². The molecule has 0 aromatic heterocycles. The summed E-state index contributed by atoms with van der Waals surface area (Å²) in [7, 11) is 0. The number of rotatable bonds is 3. The van der Waals surface area contributed by atoms with Crippen molar-refractivity contribution in [3.05, 3.63) is 54.1 Å². The van der Waals surface area contributed by atoms with Crippen LogP contribution in [0.25, 0.3) is 0 Å². The van der Waals surface area contributed by atoms with Crippen molar-refractivity contribution in [2.24, 2.45) is 0 Å². The number of nitrogens with one attached hydrogen (secondary N) is 2. The Labute approximate surface area is 121 Å². The summed E-state index contributed by atoms with van der Waals surface area (Å²) in [6.07, 6.45) is -1.93. The second-order valence-corrected chi connectivity index (χ2v) is 4.31. The molecule has 0 spiro atoms. The number of anilines is 2. The van der Waals surface area contributed by atoms with Gasteiger partial charge in [-0.25, -0.2) is 9.59 Å². The first-order chi connectivity index (χ1) is 10.0. The predicted octanol–water partition coefficient (Wildman–Crippen LogP) is 3.70. The van der Waals surface area contributed by atoms with Crippen molar-refractivity contribution in [2.45, 2.75) is 6.92 Å². The van der Waals surface area contributed by atoms with E-state index in [0.29, 0.717) is 5.69 Å². The van der Waals surface area contributed by atoms with E-state index < -0.39 is 12.2 Å². The Hall–Kier alpha value is -3.02. The average molecular weight is 286 g/mol. The van der Waals surface area contributed by atoms with Gasteiger partial charge in [0.15, 0.2) is 5.75 Å². The van der Waals surface area contributed by atoms with E-state index in [9.17, 15) is 9.59 Å². The van der Waals surface area contributed by atoms with Crippen LogP contribution in [0.1, 0.15) is 5.56 Å². The zero-order valence-corrected chi connectivity index (χ0v) is 11.3. The molecule has 108 valence electrons. The molecule has 2 amide bonds. The Morgan fingerprint density at radius 1 is 1.05 bits per heavy atom. The van der Waals surface area contributed by atoms with Crippen LogP contribution in [0.3, 0.4) is 0 Å². The molecule has 0 saturated heterocycles. The summed E-state index contributed by atoms with van der Waals surface area (Å²) in [4.78, 5) is 22.5. The lowest BCUT2D eigenvalue weighted by atomic mass is 10.2. The number of carboxylic acid groups (broad SMARTS) is 1. The molecule has 3 N–H and O–H groups in total. The van der Waals surface area contributed by atoms with Gasteiger partial charge in [0, 0.05) is 5.69 Å². The van der Waals surface area contributed by atoms with Crippen molar-refractivity contribution in [3.8, 4) is 5.75 Å². The molecule has 6 nitrogen and oxygen atoms in total. The van der Waals surface area contributed by atoms with Crippen molar-refractivity contribution < 1.29 is 19.4 Å². The maximum atomic E-state index is 11.8. The van der Waals surface area contributed by atoms with Crippen molar-refractivity contribution in [2.75, 3.05) is 10.6 Å². The van der Waals surface area contributed by atoms with Crippen LogP contribution in [0.2, 0.25) is 0 Å². The minimum absolute atomic E-state index is 0.130. The van der Waals surface area contributed by atoms with Gasteiger partial charge in [0.05, 0.1) is 5.69 Å². The SMILES string of the molecule is Cc1cccc(NC(=O)Oc2ccccc2NC(=O)O)c1. The molecular weight excluding hydrogens is 272 g/mol. The summed E-state index contributed by atoms with van der Waals surface area (Å²) in [6, 6.07) is 13.5. The van der Waals surface area contributed by atoms with Gasteiger partial charge in [-0.1, -0.05) is 24.3 Å². The molecule has 2 aromatic rings. The monoisotopic (exact) mass is 286 g/mol. The quantitative estimate of drug-likeness (QED) is 0.802. The fourth-order valence-corrected chi connectivity index (χ4v) is 1.74. The number of benzene rings is 2. The zero-order chi connectivity index (χ0) is 15.2. The van der Waals surface area contributed by atoms with E-state index in [1.807, 2.05) is 19.1 Å². The summed E-state index contributed by atoms with van der Waals surface area (Å²) in [5.41, 5.74) is 1.80. The highest BCUT2D eigenvalue weighted by molar-refractivity contribution is 5.89. The molecule has 0 saturated carbocycles. The highest BCUT2D eigenvalue weighted by atomic mass is 16.6. The number of hydrogen-bond donors (Lipinski definition) is 3. The largest absolute Gasteiger partial charge is 0.465 e. The fourth-order valence-electron chi connectivity index (χ4n) is 1.74. The Morgan fingerprint density at radius 2 is 1.81 bits per heavy atom. The van der Waals surface area contributed by atoms with Crippen LogP contribution in [0.4, 0.5) is 21.0 Å². The fraction of sp³-hybridized carbons (Fsp3) is 0.0667. The topological polar surface area (TPSA) is 87.7 Å². The van der Waals surface area contributed by atoms with Gasteiger partial charge in [-0.3, -0.25) is 10.6 Å². The summed E-state index contributed by atoms with van der Waals surface area (Å²) < 4.78 is 5.11. The molecule has 2 rings (SSSR count). The predicted molar refractivity (Wildman–Crippen MR) is 78.9 cm³/mol. The van der Waals surface area contributed by atoms with Crippen molar-refractivity contribution in [1.82, 2.24) is 0 Å². The van der Waals surface area contributed by atoms with E-state index in [1.165, 1.54) is 12.1 Å². The second-order valence-electron chi connectivity index (χ2n) is 4.31. The van der Waals surface area contributed by atoms with Crippen molar-refractivity contribution in [3.63, 3.8) is 0 Å². The summed E-state index contributed by atoms with van der Waals surface area (Å²) >= 11 is 0. The highest BCUT2D eigenvalue weighted by Gasteiger charge is 2.10. The Morgan fingerprint density at radius 3 is 2.52 bits per heavy atom. The third kappa shape index (κ3) is 4.24. The van der Waals surface area contributed by atoms with Gasteiger partial charge in [0.1, 0.15) is 0 Å². The number of ether oxygens (including phenoxy) is 1. The van der Waals surface area contributed by atoms with E-state index in [2.05, 4.69) is 10.6 Å². The van der Waals surface area contributed by atoms with Gasteiger partial charge >= 0.3 is 12.2 Å². The van der Waals surface area contributed by atoms with Gasteiger partial charge in [-0.15, -0.1) is 0 Å². The smallest absolute Gasteiger partial charge is 0.417 e. The van der Waals surface area contributed by atoms with E-state index in [-0.39, 0.29) is 11.4 Å². The van der Waals surface area contributed by atoms with Gasteiger partial charge in [0.2, 0.25) is 0 Å². The normalized spacial score (nSPS) is 9.76. The first-order valence-corrected chi connectivity index (χ1v) is 6.19. The third-order valence-electron chi connectivity index (χ3n) is 2.60. The van der Waals surface area contributed by atoms with Crippen molar-refractivity contribution >= 4 is 23.6 Å². The van der Waals surface area contributed by atoms with Crippen LogP contribution in [0.5, 0.6) is 5.75 Å². The van der Waals surface area contributed by atoms with Gasteiger partial charge in [0.25, 0.3) is 0 Å².